The van der Waals surface area contributed by atoms with E-state index in [1.165, 1.54) is 0 Å². The first-order valence-electron chi connectivity index (χ1n) is 8.22. The van der Waals surface area contributed by atoms with Crippen molar-refractivity contribution in [3.63, 3.8) is 0 Å². The highest BCUT2D eigenvalue weighted by atomic mass is 79.9. The van der Waals surface area contributed by atoms with Crippen molar-refractivity contribution in [1.29, 1.82) is 0 Å². The van der Waals surface area contributed by atoms with Crippen molar-refractivity contribution in [2.24, 2.45) is 0 Å². The van der Waals surface area contributed by atoms with Gasteiger partial charge >= 0.3 is 0 Å². The SMILES string of the molecule is COc1cc(Br)c(-c2nccc(-c3cc4n(n3)CCNC4=O)n2)cc1OC. The second-order valence-electron chi connectivity index (χ2n) is 5.85. The van der Waals surface area contributed by atoms with Gasteiger partial charge in [-0.2, -0.15) is 5.10 Å². The van der Waals surface area contributed by atoms with Crippen molar-refractivity contribution in [2.75, 3.05) is 20.8 Å². The molecular formula is C18H16BrN5O3. The molecule has 8 nitrogen and oxygen atoms in total. The van der Waals surface area contributed by atoms with Crippen LogP contribution in [0.25, 0.3) is 22.8 Å². The van der Waals surface area contributed by atoms with E-state index in [9.17, 15) is 4.79 Å². The standard InChI is InChI=1S/C18H16BrN5O3/c1-26-15-7-10(11(19)8-16(15)27-2)17-20-4-3-12(22-17)13-9-14-18(25)21-5-6-24(14)23-13/h3-4,7-9H,5-6H2,1-2H3,(H,21,25). The van der Waals surface area contributed by atoms with Gasteiger partial charge in [-0.1, -0.05) is 0 Å². The maximum Gasteiger partial charge on any atom is 0.269 e. The zero-order valence-electron chi connectivity index (χ0n) is 14.7. The predicted octanol–water partition coefficient (Wildman–Crippen LogP) is 2.53. The van der Waals surface area contributed by atoms with E-state index < -0.39 is 0 Å². The van der Waals surface area contributed by atoms with E-state index in [1.807, 2.05) is 12.1 Å². The highest BCUT2D eigenvalue weighted by molar-refractivity contribution is 9.10. The quantitative estimate of drug-likeness (QED) is 0.684. The van der Waals surface area contributed by atoms with Crippen molar-refractivity contribution in [2.45, 2.75) is 6.54 Å². The molecule has 9 heteroatoms. The summed E-state index contributed by atoms with van der Waals surface area (Å²) in [7, 11) is 3.16. The van der Waals surface area contributed by atoms with Crippen LogP contribution in [0.3, 0.4) is 0 Å². The van der Waals surface area contributed by atoms with Crippen molar-refractivity contribution in [3.05, 3.63) is 40.6 Å². The van der Waals surface area contributed by atoms with E-state index in [0.29, 0.717) is 47.5 Å². The van der Waals surface area contributed by atoms with Gasteiger partial charge < -0.3 is 14.8 Å². The topological polar surface area (TPSA) is 91.2 Å². The van der Waals surface area contributed by atoms with Crippen LogP contribution in [0.1, 0.15) is 10.5 Å². The van der Waals surface area contributed by atoms with Crippen LogP contribution in [-0.2, 0) is 6.54 Å². The van der Waals surface area contributed by atoms with Gasteiger partial charge in [0, 0.05) is 22.8 Å². The Bertz CT molecular complexity index is 1030. The van der Waals surface area contributed by atoms with E-state index in [2.05, 4.69) is 36.3 Å². The van der Waals surface area contributed by atoms with Crippen LogP contribution < -0.4 is 14.8 Å². The molecule has 1 amide bonds. The van der Waals surface area contributed by atoms with Gasteiger partial charge in [0.15, 0.2) is 17.3 Å². The van der Waals surface area contributed by atoms with E-state index in [-0.39, 0.29) is 5.91 Å². The van der Waals surface area contributed by atoms with Crippen LogP contribution in [0.5, 0.6) is 11.5 Å². The van der Waals surface area contributed by atoms with Gasteiger partial charge in [0.05, 0.1) is 26.5 Å². The minimum Gasteiger partial charge on any atom is -0.493 e. The number of carbonyl (C=O) groups is 1. The largest absolute Gasteiger partial charge is 0.493 e. The maximum atomic E-state index is 12.0. The Morgan fingerprint density at radius 3 is 2.67 bits per heavy atom. The van der Waals surface area contributed by atoms with Gasteiger partial charge in [0.2, 0.25) is 0 Å². The van der Waals surface area contributed by atoms with Crippen LogP contribution >= 0.6 is 15.9 Å². The lowest BCUT2D eigenvalue weighted by atomic mass is 10.1. The number of benzene rings is 1. The summed E-state index contributed by atoms with van der Waals surface area (Å²) in [6.45, 7) is 1.21. The Balaban J connectivity index is 1.77. The van der Waals surface area contributed by atoms with Gasteiger partial charge in [0.1, 0.15) is 11.4 Å². The molecule has 1 aliphatic rings. The van der Waals surface area contributed by atoms with Gasteiger partial charge in [-0.25, -0.2) is 9.97 Å². The number of aromatic nitrogens is 4. The Hall–Kier alpha value is -2.94. The summed E-state index contributed by atoms with van der Waals surface area (Å²) in [6.07, 6.45) is 1.67. The molecule has 138 valence electrons. The van der Waals surface area contributed by atoms with Crippen molar-refractivity contribution in [3.8, 4) is 34.3 Å². The molecule has 2 aromatic heterocycles. The molecule has 1 N–H and O–H groups in total. The second-order valence-corrected chi connectivity index (χ2v) is 6.70. The lowest BCUT2D eigenvalue weighted by molar-refractivity contribution is 0.0924. The molecule has 0 aliphatic carbocycles. The minimum atomic E-state index is -0.128. The number of nitrogens with zero attached hydrogens (tertiary/aromatic N) is 4. The van der Waals surface area contributed by atoms with Crippen LogP contribution in [0.15, 0.2) is 34.9 Å². The summed E-state index contributed by atoms with van der Waals surface area (Å²) in [5, 5.41) is 7.31. The third-order valence-electron chi connectivity index (χ3n) is 4.25. The molecule has 0 saturated heterocycles. The minimum absolute atomic E-state index is 0.128. The third kappa shape index (κ3) is 3.14. The summed E-state index contributed by atoms with van der Waals surface area (Å²) < 4.78 is 13.2. The summed E-state index contributed by atoms with van der Waals surface area (Å²) in [6, 6.07) is 7.13. The normalized spacial score (nSPS) is 13.1. The average molecular weight is 430 g/mol. The number of methoxy groups -OCH3 is 2. The number of amides is 1. The zero-order valence-corrected chi connectivity index (χ0v) is 16.3. The molecule has 1 aromatic carbocycles. The molecule has 3 aromatic rings. The number of nitrogens with one attached hydrogen (secondary N) is 1. The van der Waals surface area contributed by atoms with Crippen molar-refractivity contribution < 1.29 is 14.3 Å². The summed E-state index contributed by atoms with van der Waals surface area (Å²) in [5.74, 6) is 1.57. The number of hydrogen-bond acceptors (Lipinski definition) is 6. The molecule has 0 unspecified atom stereocenters. The molecule has 0 atom stereocenters. The molecule has 1 aliphatic heterocycles. The van der Waals surface area contributed by atoms with Gasteiger partial charge in [-0.3, -0.25) is 9.48 Å². The smallest absolute Gasteiger partial charge is 0.269 e. The van der Waals surface area contributed by atoms with Gasteiger partial charge in [0.25, 0.3) is 5.91 Å². The maximum absolute atomic E-state index is 12.0. The lowest BCUT2D eigenvalue weighted by Gasteiger charge is -2.13. The van der Waals surface area contributed by atoms with Crippen molar-refractivity contribution in [1.82, 2.24) is 25.1 Å². The Morgan fingerprint density at radius 1 is 1.15 bits per heavy atom. The number of rotatable bonds is 4. The molecular weight excluding hydrogens is 414 g/mol. The molecule has 27 heavy (non-hydrogen) atoms. The van der Waals surface area contributed by atoms with E-state index in [1.54, 1.807) is 37.2 Å². The second kappa shape index (κ2) is 6.99. The van der Waals surface area contributed by atoms with Crippen molar-refractivity contribution >= 4 is 21.8 Å². The first-order chi connectivity index (χ1) is 13.1. The monoisotopic (exact) mass is 429 g/mol. The van der Waals surface area contributed by atoms with Crippen LogP contribution in [0.2, 0.25) is 0 Å². The van der Waals surface area contributed by atoms with Crippen LogP contribution in [0.4, 0.5) is 0 Å². The fourth-order valence-electron chi connectivity index (χ4n) is 2.92. The average Bonchev–Trinajstić information content (AvgIpc) is 3.13. The van der Waals surface area contributed by atoms with E-state index >= 15 is 0 Å². The number of ether oxygens (including phenoxy) is 2. The summed E-state index contributed by atoms with van der Waals surface area (Å²) in [4.78, 5) is 21.0. The summed E-state index contributed by atoms with van der Waals surface area (Å²) >= 11 is 3.53. The number of hydrogen-bond donors (Lipinski definition) is 1. The Kier molecular flexibility index (Phi) is 4.53. The highest BCUT2D eigenvalue weighted by Crippen LogP contribution is 2.37. The number of fused-ring (bicyclic) bond motifs is 1. The first-order valence-corrected chi connectivity index (χ1v) is 9.01. The number of halogens is 1. The molecule has 0 fully saturated rings. The molecule has 3 heterocycles. The zero-order chi connectivity index (χ0) is 19.0. The fraction of sp³-hybridized carbons (Fsp3) is 0.222. The Labute approximate surface area is 163 Å². The van der Waals surface area contributed by atoms with Gasteiger partial charge in [-0.05, 0) is 40.2 Å². The number of carbonyl (C=O) groups excluding carboxylic acids is 1. The molecule has 0 bridgehead atoms. The van der Waals surface area contributed by atoms with Gasteiger partial charge in [-0.15, -0.1) is 0 Å². The highest BCUT2D eigenvalue weighted by Gasteiger charge is 2.21. The van der Waals surface area contributed by atoms with E-state index in [0.717, 1.165) is 10.0 Å². The van der Waals surface area contributed by atoms with Crippen LogP contribution in [-0.4, -0.2) is 46.4 Å². The lowest BCUT2D eigenvalue weighted by Crippen LogP contribution is -2.35. The van der Waals surface area contributed by atoms with Crippen LogP contribution in [0, 0.1) is 0 Å². The predicted molar refractivity (Wildman–Crippen MR) is 102 cm³/mol. The molecule has 0 radical (unpaired) electrons. The molecule has 0 spiro atoms. The molecule has 4 rings (SSSR count). The summed E-state index contributed by atoms with van der Waals surface area (Å²) in [5.41, 5.74) is 2.55. The first kappa shape index (κ1) is 17.5. The molecule has 0 saturated carbocycles. The fourth-order valence-corrected chi connectivity index (χ4v) is 3.42. The van der Waals surface area contributed by atoms with E-state index in [4.69, 9.17) is 9.47 Å². The Morgan fingerprint density at radius 2 is 1.93 bits per heavy atom. The third-order valence-corrected chi connectivity index (χ3v) is 4.91.